The summed E-state index contributed by atoms with van der Waals surface area (Å²) in [7, 11) is 0. The fourth-order valence-corrected chi connectivity index (χ4v) is 17.8. The summed E-state index contributed by atoms with van der Waals surface area (Å²) >= 11 is 0. The molecule has 0 bridgehead atoms. The van der Waals surface area contributed by atoms with Gasteiger partial charge in [-0.05, 0) is 202 Å². The fraction of sp³-hybridized carbons (Fsp3) is 0.0562. The van der Waals surface area contributed by atoms with E-state index in [1.54, 1.807) is 0 Å². The van der Waals surface area contributed by atoms with Gasteiger partial charge < -0.3 is 14.4 Å². The lowest BCUT2D eigenvalue weighted by Gasteiger charge is -2.35. The summed E-state index contributed by atoms with van der Waals surface area (Å²) in [6, 6.07) is 122. The Morgan fingerprint density at radius 2 is 0.598 bits per heavy atom. The molecule has 2 spiro atoms. The predicted molar refractivity (Wildman–Crippen MR) is 380 cm³/mol. The van der Waals surface area contributed by atoms with E-state index in [9.17, 15) is 0 Å². The maximum atomic E-state index is 2.53. The molecule has 0 N–H and O–H groups in total. The van der Waals surface area contributed by atoms with Crippen molar-refractivity contribution in [2.75, 3.05) is 9.80 Å². The van der Waals surface area contributed by atoms with Crippen LogP contribution in [0, 0.1) is 0 Å². The molecule has 430 valence electrons. The van der Waals surface area contributed by atoms with Gasteiger partial charge in [0, 0.05) is 50.3 Å². The standard InChI is InChI=1S/C89H59N3/c1-87(2)80-42-22-24-44-85(80)92-84-43-23-15-35-72(84)73-51-57(52-83(87)86(73)92)56-49-62(90(58-25-5-3-6-26-58)60-45-47-70-68-33-13-20-40-78(68)88(81(70)54-60)74-36-16-9-29-64(74)65-30-10-17-37-75(65)88)53-63(50-56)91(59-27-7-4-8-28-59)61-46-48-71-69-34-14-21-41-79(69)89(82(71)55-61)76-38-18-11-31-66(76)67-32-12-19-39-77(67)89/h3-55H,1-2H3. The molecule has 15 aromatic rings. The summed E-state index contributed by atoms with van der Waals surface area (Å²) in [4.78, 5) is 5.05. The van der Waals surface area contributed by atoms with Crippen LogP contribution in [0.2, 0.25) is 0 Å². The minimum atomic E-state index is -0.527. The molecule has 92 heavy (non-hydrogen) atoms. The molecule has 0 atom stereocenters. The van der Waals surface area contributed by atoms with Crippen LogP contribution in [0.5, 0.6) is 0 Å². The van der Waals surface area contributed by atoms with Gasteiger partial charge in [0.25, 0.3) is 0 Å². The normalized spacial score (nSPS) is 14.5. The van der Waals surface area contributed by atoms with E-state index in [4.69, 9.17) is 0 Å². The number of fused-ring (bicyclic) bond motifs is 25. The number of anilines is 6. The summed E-state index contributed by atoms with van der Waals surface area (Å²) < 4.78 is 2.53. The van der Waals surface area contributed by atoms with Crippen LogP contribution in [0.4, 0.5) is 34.1 Å². The van der Waals surface area contributed by atoms with E-state index in [0.717, 1.165) is 45.3 Å². The van der Waals surface area contributed by atoms with Gasteiger partial charge >= 0.3 is 0 Å². The molecule has 0 unspecified atom stereocenters. The molecule has 5 aliphatic rings. The van der Waals surface area contributed by atoms with Crippen molar-refractivity contribution in [3.63, 3.8) is 0 Å². The summed E-state index contributed by atoms with van der Waals surface area (Å²) in [5.41, 5.74) is 34.5. The Bertz CT molecular complexity index is 5270. The van der Waals surface area contributed by atoms with Crippen molar-refractivity contribution in [3.05, 3.63) is 377 Å². The van der Waals surface area contributed by atoms with Gasteiger partial charge in [-0.2, -0.15) is 0 Å². The highest BCUT2D eigenvalue weighted by atomic mass is 15.2. The highest BCUT2D eigenvalue weighted by Crippen LogP contribution is 2.66. The number of nitrogens with zero attached hydrogens (tertiary/aromatic N) is 3. The lowest BCUT2D eigenvalue weighted by atomic mass is 9.70. The second-order valence-electron chi connectivity index (χ2n) is 26.2. The number of aromatic nitrogens is 1. The van der Waals surface area contributed by atoms with Crippen LogP contribution >= 0.6 is 0 Å². The average molecular weight is 1170 g/mol. The van der Waals surface area contributed by atoms with E-state index in [0.29, 0.717) is 0 Å². The van der Waals surface area contributed by atoms with Gasteiger partial charge in [0.05, 0.1) is 27.6 Å². The van der Waals surface area contributed by atoms with Crippen molar-refractivity contribution in [1.82, 2.24) is 4.57 Å². The third-order valence-electron chi connectivity index (χ3n) is 21.5. The smallest absolute Gasteiger partial charge is 0.0726 e. The van der Waals surface area contributed by atoms with Crippen LogP contribution in [0.1, 0.15) is 69.5 Å². The first kappa shape index (κ1) is 51.4. The molecule has 0 saturated heterocycles. The highest BCUT2D eigenvalue weighted by molar-refractivity contribution is 6.13. The largest absolute Gasteiger partial charge is 0.310 e. The minimum absolute atomic E-state index is 0.313. The number of para-hydroxylation sites is 4. The lowest BCUT2D eigenvalue weighted by Crippen LogP contribution is -2.26. The topological polar surface area (TPSA) is 11.4 Å². The number of hydrogen-bond acceptors (Lipinski definition) is 2. The predicted octanol–water partition coefficient (Wildman–Crippen LogP) is 22.7. The number of benzene rings is 14. The zero-order valence-electron chi connectivity index (χ0n) is 50.9. The zero-order chi connectivity index (χ0) is 60.6. The molecule has 14 aromatic carbocycles. The second-order valence-corrected chi connectivity index (χ2v) is 26.2. The highest BCUT2D eigenvalue weighted by Gasteiger charge is 2.53. The van der Waals surface area contributed by atoms with Crippen molar-refractivity contribution in [2.45, 2.75) is 30.1 Å². The molecule has 0 radical (unpaired) electrons. The third kappa shape index (κ3) is 6.63. The van der Waals surface area contributed by atoms with Crippen molar-refractivity contribution in [1.29, 1.82) is 0 Å². The van der Waals surface area contributed by atoms with Crippen LogP contribution in [-0.2, 0) is 16.2 Å². The van der Waals surface area contributed by atoms with E-state index in [-0.39, 0.29) is 5.41 Å². The van der Waals surface area contributed by atoms with E-state index in [1.165, 1.54) is 128 Å². The summed E-state index contributed by atoms with van der Waals surface area (Å²) in [6.07, 6.45) is 0. The van der Waals surface area contributed by atoms with Crippen molar-refractivity contribution < 1.29 is 0 Å². The van der Waals surface area contributed by atoms with Crippen molar-refractivity contribution >= 4 is 55.9 Å². The Morgan fingerprint density at radius 1 is 0.239 bits per heavy atom. The van der Waals surface area contributed by atoms with Gasteiger partial charge in [0.2, 0.25) is 0 Å². The molecule has 3 nitrogen and oxygen atoms in total. The molecule has 0 saturated carbocycles. The van der Waals surface area contributed by atoms with Crippen LogP contribution in [0.3, 0.4) is 0 Å². The van der Waals surface area contributed by atoms with Gasteiger partial charge in [-0.3, -0.25) is 0 Å². The molecule has 0 fully saturated rings. The zero-order valence-corrected chi connectivity index (χ0v) is 50.9. The monoisotopic (exact) mass is 1170 g/mol. The molecule has 1 aromatic heterocycles. The molecule has 0 amide bonds. The second kappa shape index (κ2) is 18.8. The molecular formula is C89H59N3. The van der Waals surface area contributed by atoms with E-state index < -0.39 is 10.8 Å². The Labute approximate surface area is 535 Å². The van der Waals surface area contributed by atoms with E-state index >= 15 is 0 Å². The number of hydrogen-bond donors (Lipinski definition) is 0. The Kier molecular flexibility index (Phi) is 10.5. The Balaban J connectivity index is 0.870. The summed E-state index contributed by atoms with van der Waals surface area (Å²) in [6.45, 7) is 4.84. The summed E-state index contributed by atoms with van der Waals surface area (Å²) in [5, 5.41) is 2.50. The minimum Gasteiger partial charge on any atom is -0.310 e. The van der Waals surface area contributed by atoms with Crippen LogP contribution in [0.25, 0.3) is 83.1 Å². The maximum Gasteiger partial charge on any atom is 0.0726 e. The maximum absolute atomic E-state index is 2.53. The van der Waals surface area contributed by atoms with E-state index in [2.05, 4.69) is 350 Å². The molecule has 4 aliphatic carbocycles. The van der Waals surface area contributed by atoms with Crippen molar-refractivity contribution in [2.24, 2.45) is 0 Å². The fourth-order valence-electron chi connectivity index (χ4n) is 17.8. The van der Waals surface area contributed by atoms with Gasteiger partial charge in [-0.25, -0.2) is 0 Å². The van der Waals surface area contributed by atoms with Crippen molar-refractivity contribution in [3.8, 4) is 61.3 Å². The Morgan fingerprint density at radius 3 is 1.04 bits per heavy atom. The lowest BCUT2D eigenvalue weighted by molar-refractivity contribution is 0.630. The van der Waals surface area contributed by atoms with Crippen LogP contribution in [0.15, 0.2) is 322 Å². The molecule has 20 rings (SSSR count). The van der Waals surface area contributed by atoms with Crippen LogP contribution < -0.4 is 9.80 Å². The Hall–Kier alpha value is -11.5. The summed E-state index contributed by atoms with van der Waals surface area (Å²) in [5.74, 6) is 0. The SMILES string of the molecule is CC1(C)c2ccccc2-n2c3ccccc3c3cc(-c4cc(N(c5ccccc5)c5ccc6c(c5)C5(c7ccccc7-c7ccccc75)c5ccccc5-6)cc(N(c5ccccc5)c5ccc6c(c5)C5(c7ccccc7-c7ccccc75)c5ccccc5-6)c4)cc1c32. The van der Waals surface area contributed by atoms with Gasteiger partial charge in [0.15, 0.2) is 0 Å². The van der Waals surface area contributed by atoms with Crippen LogP contribution in [-0.4, -0.2) is 4.57 Å². The van der Waals surface area contributed by atoms with E-state index in [1.807, 2.05) is 0 Å². The third-order valence-corrected chi connectivity index (χ3v) is 21.5. The first-order valence-electron chi connectivity index (χ1n) is 32.3. The molecule has 3 heteroatoms. The van der Waals surface area contributed by atoms with Gasteiger partial charge in [-0.1, -0.05) is 244 Å². The molecular weight excluding hydrogens is 1110 g/mol. The number of rotatable bonds is 7. The van der Waals surface area contributed by atoms with Gasteiger partial charge in [-0.15, -0.1) is 0 Å². The first-order valence-corrected chi connectivity index (χ1v) is 32.3. The quantitative estimate of drug-likeness (QED) is 0.158. The first-order chi connectivity index (χ1) is 45.4. The van der Waals surface area contributed by atoms with Gasteiger partial charge in [0.1, 0.15) is 0 Å². The molecule has 1 aliphatic heterocycles. The molecule has 2 heterocycles. The average Bonchev–Trinajstić information content (AvgIpc) is 1.52.